The van der Waals surface area contributed by atoms with Crippen molar-refractivity contribution in [1.82, 2.24) is 4.31 Å². The van der Waals surface area contributed by atoms with Gasteiger partial charge in [-0.2, -0.15) is 0 Å². The molecule has 0 aliphatic carbocycles. The van der Waals surface area contributed by atoms with E-state index in [2.05, 4.69) is 5.32 Å². The van der Waals surface area contributed by atoms with Crippen LogP contribution < -0.4 is 10.1 Å². The maximum absolute atomic E-state index is 12.6. The van der Waals surface area contributed by atoms with E-state index in [1.165, 1.54) is 25.3 Å². The molecule has 2 aromatic rings. The number of benzene rings is 2. The third kappa shape index (κ3) is 3.47. The van der Waals surface area contributed by atoms with Crippen LogP contribution in [0.3, 0.4) is 0 Å². The van der Waals surface area contributed by atoms with Crippen LogP contribution >= 0.6 is 0 Å². The Morgan fingerprint density at radius 3 is 2.43 bits per heavy atom. The Balaban J connectivity index is 1.85. The van der Waals surface area contributed by atoms with E-state index in [0.29, 0.717) is 15.7 Å². The quantitative estimate of drug-likeness (QED) is 0.849. The summed E-state index contributed by atoms with van der Waals surface area (Å²) in [5, 5.41) is 2.66. The standard InChI is InChI=1S/C20H22N2O5S/c1-20(2,3)13-9-10-16(27-4)15(11-13)21-18(23)12-22-19(24)14-7-5-6-8-17(14)28(22,25)26/h5-11H,12H2,1-4H3,(H,21,23). The number of sulfonamides is 1. The number of hydrogen-bond donors (Lipinski definition) is 1. The SMILES string of the molecule is COc1ccc(C(C)(C)C)cc1NC(=O)CN1C(=O)c2ccccc2S1(=O)=O. The minimum Gasteiger partial charge on any atom is -0.495 e. The van der Waals surface area contributed by atoms with Crippen LogP contribution in [0.15, 0.2) is 47.4 Å². The Bertz CT molecular complexity index is 1050. The molecule has 0 radical (unpaired) electrons. The Labute approximate surface area is 164 Å². The molecule has 7 nitrogen and oxygen atoms in total. The summed E-state index contributed by atoms with van der Waals surface area (Å²) in [6.07, 6.45) is 0. The van der Waals surface area contributed by atoms with Gasteiger partial charge in [-0.25, -0.2) is 12.7 Å². The molecule has 0 aromatic heterocycles. The second-order valence-corrected chi connectivity index (χ2v) is 9.36. The van der Waals surface area contributed by atoms with Crippen LogP contribution in [0.1, 0.15) is 36.7 Å². The molecule has 1 aliphatic rings. The van der Waals surface area contributed by atoms with Gasteiger partial charge in [0.2, 0.25) is 5.91 Å². The molecule has 0 bridgehead atoms. The smallest absolute Gasteiger partial charge is 0.269 e. The Hall–Kier alpha value is -2.87. The second-order valence-electron chi connectivity index (χ2n) is 7.53. The van der Waals surface area contributed by atoms with Crippen LogP contribution in [0.4, 0.5) is 5.69 Å². The van der Waals surface area contributed by atoms with Crippen molar-refractivity contribution in [3.63, 3.8) is 0 Å². The third-order valence-electron chi connectivity index (χ3n) is 4.54. The first-order chi connectivity index (χ1) is 13.1. The highest BCUT2D eigenvalue weighted by Gasteiger charge is 2.41. The summed E-state index contributed by atoms with van der Waals surface area (Å²) in [7, 11) is -2.56. The molecule has 0 saturated carbocycles. The average molecular weight is 402 g/mol. The van der Waals surface area contributed by atoms with Crippen molar-refractivity contribution in [2.24, 2.45) is 0 Å². The van der Waals surface area contributed by atoms with Crippen molar-refractivity contribution >= 4 is 27.5 Å². The fourth-order valence-electron chi connectivity index (χ4n) is 2.98. The molecule has 0 unspecified atom stereocenters. The molecule has 1 heterocycles. The molecule has 148 valence electrons. The van der Waals surface area contributed by atoms with E-state index in [-0.39, 0.29) is 15.9 Å². The monoisotopic (exact) mass is 402 g/mol. The fourth-order valence-corrected chi connectivity index (χ4v) is 4.50. The molecule has 0 spiro atoms. The number of nitrogens with one attached hydrogen (secondary N) is 1. The van der Waals surface area contributed by atoms with E-state index in [9.17, 15) is 18.0 Å². The zero-order chi connectivity index (χ0) is 20.7. The molecule has 3 rings (SSSR count). The van der Waals surface area contributed by atoms with Crippen LogP contribution in [0.2, 0.25) is 0 Å². The number of nitrogens with zero attached hydrogens (tertiary/aromatic N) is 1. The van der Waals surface area contributed by atoms with Crippen LogP contribution in [0.5, 0.6) is 5.75 Å². The summed E-state index contributed by atoms with van der Waals surface area (Å²) in [4.78, 5) is 24.9. The van der Waals surface area contributed by atoms with Crippen molar-refractivity contribution in [3.8, 4) is 5.75 Å². The van der Waals surface area contributed by atoms with Gasteiger partial charge in [-0.3, -0.25) is 9.59 Å². The molecular formula is C20H22N2O5S. The lowest BCUT2D eigenvalue weighted by Crippen LogP contribution is -2.37. The summed E-state index contributed by atoms with van der Waals surface area (Å²) >= 11 is 0. The van der Waals surface area contributed by atoms with Gasteiger partial charge in [0.15, 0.2) is 0 Å². The molecule has 2 aromatic carbocycles. The molecule has 8 heteroatoms. The molecule has 0 saturated heterocycles. The van der Waals surface area contributed by atoms with Crippen LogP contribution in [0, 0.1) is 0 Å². The molecule has 2 amide bonds. The summed E-state index contributed by atoms with van der Waals surface area (Å²) < 4.78 is 31.1. The van der Waals surface area contributed by atoms with Crippen LogP contribution in [0.25, 0.3) is 0 Å². The van der Waals surface area contributed by atoms with Gasteiger partial charge in [-0.15, -0.1) is 0 Å². The fraction of sp³-hybridized carbons (Fsp3) is 0.300. The van der Waals surface area contributed by atoms with Gasteiger partial charge < -0.3 is 10.1 Å². The third-order valence-corrected chi connectivity index (χ3v) is 6.33. The number of carbonyl (C=O) groups excluding carboxylic acids is 2. The van der Waals surface area contributed by atoms with Gasteiger partial charge in [-0.05, 0) is 35.2 Å². The molecule has 1 N–H and O–H groups in total. The predicted molar refractivity (Wildman–Crippen MR) is 105 cm³/mol. The lowest BCUT2D eigenvalue weighted by atomic mass is 9.87. The number of methoxy groups -OCH3 is 1. The maximum atomic E-state index is 12.6. The first kappa shape index (κ1) is 19.9. The van der Waals surface area contributed by atoms with E-state index >= 15 is 0 Å². The largest absolute Gasteiger partial charge is 0.495 e. The van der Waals surface area contributed by atoms with Crippen LogP contribution in [-0.4, -0.2) is 38.2 Å². The minimum atomic E-state index is -4.04. The van der Waals surface area contributed by atoms with Crippen LogP contribution in [-0.2, 0) is 20.2 Å². The van der Waals surface area contributed by atoms with Crippen molar-refractivity contribution in [1.29, 1.82) is 0 Å². The van der Waals surface area contributed by atoms with Crippen molar-refractivity contribution in [3.05, 3.63) is 53.6 Å². The van der Waals surface area contributed by atoms with E-state index in [4.69, 9.17) is 4.74 Å². The van der Waals surface area contributed by atoms with Gasteiger partial charge in [0.05, 0.1) is 18.4 Å². The topological polar surface area (TPSA) is 92.8 Å². The molecular weight excluding hydrogens is 380 g/mol. The maximum Gasteiger partial charge on any atom is 0.269 e. The van der Waals surface area contributed by atoms with Gasteiger partial charge in [0.25, 0.3) is 15.9 Å². The van der Waals surface area contributed by atoms with Gasteiger partial charge in [0.1, 0.15) is 17.2 Å². The summed E-state index contributed by atoms with van der Waals surface area (Å²) in [5.74, 6) is -0.893. The average Bonchev–Trinajstić information content (AvgIpc) is 2.82. The normalized spacial score (nSPS) is 15.3. The number of amides is 2. The Kier molecular flexibility index (Phi) is 4.93. The number of carbonyl (C=O) groups is 2. The molecule has 1 aliphatic heterocycles. The second kappa shape index (κ2) is 6.94. The first-order valence-corrected chi connectivity index (χ1v) is 10.1. The lowest BCUT2D eigenvalue weighted by Gasteiger charge is -2.21. The molecule has 28 heavy (non-hydrogen) atoms. The zero-order valence-corrected chi connectivity index (χ0v) is 17.0. The first-order valence-electron chi connectivity index (χ1n) is 8.70. The molecule has 0 fully saturated rings. The van der Waals surface area contributed by atoms with Gasteiger partial charge in [-0.1, -0.05) is 39.0 Å². The number of rotatable bonds is 4. The summed E-state index contributed by atoms with van der Waals surface area (Å²) in [5.41, 5.74) is 1.31. The zero-order valence-electron chi connectivity index (χ0n) is 16.1. The van der Waals surface area contributed by atoms with Crippen molar-refractivity contribution < 1.29 is 22.7 Å². The summed E-state index contributed by atoms with van der Waals surface area (Å²) in [6, 6.07) is 11.3. The van der Waals surface area contributed by atoms with Gasteiger partial charge >= 0.3 is 0 Å². The number of anilines is 1. The predicted octanol–water partition coefficient (Wildman–Crippen LogP) is 2.78. The van der Waals surface area contributed by atoms with Crippen molar-refractivity contribution in [2.75, 3.05) is 19.0 Å². The van der Waals surface area contributed by atoms with E-state index < -0.39 is 28.4 Å². The number of fused-ring (bicyclic) bond motifs is 1. The van der Waals surface area contributed by atoms with Crippen molar-refractivity contribution in [2.45, 2.75) is 31.1 Å². The highest BCUT2D eigenvalue weighted by atomic mass is 32.2. The number of ether oxygens (including phenoxy) is 1. The minimum absolute atomic E-state index is 0.0719. The number of hydrogen-bond acceptors (Lipinski definition) is 5. The highest BCUT2D eigenvalue weighted by molar-refractivity contribution is 7.90. The van der Waals surface area contributed by atoms with E-state index in [1.807, 2.05) is 26.8 Å². The highest BCUT2D eigenvalue weighted by Crippen LogP contribution is 2.32. The van der Waals surface area contributed by atoms with Gasteiger partial charge in [0, 0.05) is 0 Å². The Morgan fingerprint density at radius 2 is 1.82 bits per heavy atom. The lowest BCUT2D eigenvalue weighted by molar-refractivity contribution is -0.116. The summed E-state index contributed by atoms with van der Waals surface area (Å²) in [6.45, 7) is 5.49. The van der Waals surface area contributed by atoms with E-state index in [0.717, 1.165) is 5.56 Å². The molecule has 0 atom stereocenters. The Morgan fingerprint density at radius 1 is 1.14 bits per heavy atom. The van der Waals surface area contributed by atoms with E-state index in [1.54, 1.807) is 18.2 Å².